The first-order valence-electron chi connectivity index (χ1n) is 6.25. The van der Waals surface area contributed by atoms with E-state index < -0.39 is 21.9 Å². The van der Waals surface area contributed by atoms with Gasteiger partial charge in [0.25, 0.3) is 0 Å². The molecule has 8 heteroatoms. The van der Waals surface area contributed by atoms with Gasteiger partial charge in [0.15, 0.2) is 9.84 Å². The average Bonchev–Trinajstić information content (AvgIpc) is 2.45. The zero-order chi connectivity index (χ0) is 17.3. The highest BCUT2D eigenvalue weighted by Crippen LogP contribution is 2.34. The minimum Gasteiger partial charge on any atom is -0.405 e. The lowest BCUT2D eigenvalue weighted by atomic mass is 10.0. The van der Waals surface area contributed by atoms with E-state index in [4.69, 9.17) is 0 Å². The van der Waals surface area contributed by atoms with Crippen LogP contribution < -0.4 is 4.74 Å². The first-order chi connectivity index (χ1) is 10.6. The van der Waals surface area contributed by atoms with E-state index in [1.165, 1.54) is 36.4 Å². The predicted octanol–water partition coefficient (Wildman–Crippen LogP) is 3.47. The zero-order valence-corrected chi connectivity index (χ0v) is 12.6. The quantitative estimate of drug-likeness (QED) is 0.797. The molecule has 0 aromatic heterocycles. The maximum absolute atomic E-state index is 12.5. The van der Waals surface area contributed by atoms with Gasteiger partial charge in [0.2, 0.25) is 0 Å². The number of hydrogen-bond donors (Lipinski definition) is 0. The van der Waals surface area contributed by atoms with Gasteiger partial charge in [-0.25, -0.2) is 8.42 Å². The molecule has 0 unspecified atom stereocenters. The van der Waals surface area contributed by atoms with Crippen molar-refractivity contribution in [2.45, 2.75) is 11.3 Å². The standard InChI is InChI=1S/C15H11F3O4S/c1-23(20,21)12-5-3-11(4-6-12)13-8-10(9-19)2-7-14(13)22-15(16,17)18/h2-9H,1H3. The first kappa shape index (κ1) is 17.0. The third-order valence-electron chi connectivity index (χ3n) is 2.96. The van der Waals surface area contributed by atoms with Gasteiger partial charge < -0.3 is 4.74 Å². The minimum absolute atomic E-state index is 0.0334. The molecule has 23 heavy (non-hydrogen) atoms. The van der Waals surface area contributed by atoms with E-state index in [2.05, 4.69) is 4.74 Å². The Morgan fingerprint density at radius 1 is 1.04 bits per heavy atom. The maximum atomic E-state index is 12.5. The molecule has 0 heterocycles. The largest absolute Gasteiger partial charge is 0.573 e. The molecule has 0 N–H and O–H groups in total. The van der Waals surface area contributed by atoms with Gasteiger partial charge in [-0.3, -0.25) is 4.79 Å². The molecule has 0 saturated carbocycles. The number of carbonyl (C=O) groups excluding carboxylic acids is 1. The van der Waals surface area contributed by atoms with Crippen molar-refractivity contribution in [1.82, 2.24) is 0 Å². The summed E-state index contributed by atoms with van der Waals surface area (Å²) in [6.07, 6.45) is -3.37. The van der Waals surface area contributed by atoms with Gasteiger partial charge in [0, 0.05) is 17.4 Å². The van der Waals surface area contributed by atoms with Gasteiger partial charge >= 0.3 is 6.36 Å². The lowest BCUT2D eigenvalue weighted by molar-refractivity contribution is -0.274. The Balaban J connectivity index is 2.54. The fourth-order valence-corrected chi connectivity index (χ4v) is 2.57. The van der Waals surface area contributed by atoms with Gasteiger partial charge in [-0.05, 0) is 35.9 Å². The summed E-state index contributed by atoms with van der Waals surface area (Å²) in [6, 6.07) is 8.72. The third-order valence-corrected chi connectivity index (χ3v) is 4.09. The van der Waals surface area contributed by atoms with Crippen LogP contribution in [0.1, 0.15) is 10.4 Å². The molecule has 0 spiro atoms. The SMILES string of the molecule is CS(=O)(=O)c1ccc(-c2cc(C=O)ccc2OC(F)(F)F)cc1. The molecule has 2 rings (SSSR count). The Bertz CT molecular complexity index is 825. The first-order valence-corrected chi connectivity index (χ1v) is 8.15. The van der Waals surface area contributed by atoms with Crippen LogP contribution in [0.15, 0.2) is 47.4 Å². The Labute approximate surface area is 130 Å². The van der Waals surface area contributed by atoms with Crippen LogP contribution in [0.5, 0.6) is 5.75 Å². The lowest BCUT2D eigenvalue weighted by Crippen LogP contribution is -2.17. The molecule has 2 aromatic rings. The number of carbonyl (C=O) groups is 1. The number of alkyl halides is 3. The Morgan fingerprint density at radius 3 is 2.13 bits per heavy atom. The van der Waals surface area contributed by atoms with E-state index in [9.17, 15) is 26.4 Å². The van der Waals surface area contributed by atoms with E-state index in [0.717, 1.165) is 12.3 Å². The smallest absolute Gasteiger partial charge is 0.405 e. The molecule has 0 radical (unpaired) electrons. The Morgan fingerprint density at radius 2 is 1.65 bits per heavy atom. The highest BCUT2D eigenvalue weighted by Gasteiger charge is 2.32. The van der Waals surface area contributed by atoms with Crippen LogP contribution in [0.25, 0.3) is 11.1 Å². The van der Waals surface area contributed by atoms with Crippen LogP contribution in [-0.2, 0) is 9.84 Å². The number of sulfone groups is 1. The fraction of sp³-hybridized carbons (Fsp3) is 0.133. The van der Waals surface area contributed by atoms with Crippen LogP contribution in [-0.4, -0.2) is 27.3 Å². The molecule has 122 valence electrons. The van der Waals surface area contributed by atoms with E-state index in [-0.39, 0.29) is 16.0 Å². The molecule has 4 nitrogen and oxygen atoms in total. The van der Waals surface area contributed by atoms with Crippen LogP contribution in [0.2, 0.25) is 0 Å². The number of benzene rings is 2. The van der Waals surface area contributed by atoms with E-state index >= 15 is 0 Å². The van der Waals surface area contributed by atoms with Crippen molar-refractivity contribution >= 4 is 16.1 Å². The van der Waals surface area contributed by atoms with Crippen molar-refractivity contribution < 1.29 is 31.1 Å². The minimum atomic E-state index is -4.88. The van der Waals surface area contributed by atoms with Crippen molar-refractivity contribution in [3.63, 3.8) is 0 Å². The third kappa shape index (κ3) is 4.32. The second-order valence-corrected chi connectivity index (χ2v) is 6.73. The maximum Gasteiger partial charge on any atom is 0.573 e. The number of aldehydes is 1. The molecule has 0 fully saturated rings. The van der Waals surface area contributed by atoms with Gasteiger partial charge in [0.1, 0.15) is 12.0 Å². The number of ether oxygens (including phenoxy) is 1. The summed E-state index contributed by atoms with van der Waals surface area (Å²) in [5.74, 6) is -0.477. The predicted molar refractivity (Wildman–Crippen MR) is 77.1 cm³/mol. The summed E-state index contributed by atoms with van der Waals surface area (Å²) < 4.78 is 64.2. The fourth-order valence-electron chi connectivity index (χ4n) is 1.94. The summed E-state index contributed by atoms with van der Waals surface area (Å²) >= 11 is 0. The second-order valence-electron chi connectivity index (χ2n) is 4.72. The normalized spacial score (nSPS) is 12.0. The monoisotopic (exact) mass is 344 g/mol. The number of halogens is 3. The molecule has 0 bridgehead atoms. The summed E-state index contributed by atoms with van der Waals surface area (Å²) in [5.41, 5.74) is 0.494. The van der Waals surface area contributed by atoms with Crippen molar-refractivity contribution in [1.29, 1.82) is 0 Å². The zero-order valence-electron chi connectivity index (χ0n) is 11.8. The van der Waals surface area contributed by atoms with Crippen molar-refractivity contribution in [3.8, 4) is 16.9 Å². The summed E-state index contributed by atoms with van der Waals surface area (Å²) in [5, 5.41) is 0. The number of hydrogen-bond acceptors (Lipinski definition) is 4. The van der Waals surface area contributed by atoms with Crippen molar-refractivity contribution in [2.24, 2.45) is 0 Å². The highest BCUT2D eigenvalue weighted by atomic mass is 32.2. The Kier molecular flexibility index (Phi) is 4.46. The van der Waals surface area contributed by atoms with Crippen molar-refractivity contribution in [2.75, 3.05) is 6.26 Å². The molecule has 0 amide bonds. The van der Waals surface area contributed by atoms with E-state index in [1.807, 2.05) is 0 Å². The van der Waals surface area contributed by atoms with Gasteiger partial charge in [-0.2, -0.15) is 0 Å². The summed E-state index contributed by atoms with van der Waals surface area (Å²) in [6.45, 7) is 0. The molecule has 0 saturated heterocycles. The van der Waals surface area contributed by atoms with Crippen LogP contribution in [0.4, 0.5) is 13.2 Å². The Hall–Kier alpha value is -2.35. The summed E-state index contributed by atoms with van der Waals surface area (Å²) in [4.78, 5) is 10.9. The van der Waals surface area contributed by atoms with E-state index in [0.29, 0.717) is 11.8 Å². The molecule has 0 atom stereocenters. The van der Waals surface area contributed by atoms with Gasteiger partial charge in [-0.15, -0.1) is 13.2 Å². The molecule has 0 aliphatic rings. The molecule has 0 aliphatic heterocycles. The van der Waals surface area contributed by atoms with Gasteiger partial charge in [-0.1, -0.05) is 12.1 Å². The van der Waals surface area contributed by atoms with E-state index in [1.54, 1.807) is 0 Å². The average molecular weight is 344 g/mol. The summed E-state index contributed by atoms with van der Waals surface area (Å²) in [7, 11) is -3.42. The van der Waals surface area contributed by atoms with Gasteiger partial charge in [0.05, 0.1) is 4.90 Å². The molecular formula is C15H11F3O4S. The molecule has 2 aromatic carbocycles. The molecule has 0 aliphatic carbocycles. The van der Waals surface area contributed by atoms with Crippen molar-refractivity contribution in [3.05, 3.63) is 48.0 Å². The molecular weight excluding hydrogens is 333 g/mol. The lowest BCUT2D eigenvalue weighted by Gasteiger charge is -2.14. The second kappa shape index (κ2) is 6.04. The highest BCUT2D eigenvalue weighted by molar-refractivity contribution is 7.90. The van der Waals surface area contributed by atoms with Crippen LogP contribution in [0.3, 0.4) is 0 Å². The number of rotatable bonds is 4. The topological polar surface area (TPSA) is 60.4 Å². The van der Waals surface area contributed by atoms with Crippen LogP contribution >= 0.6 is 0 Å². The van der Waals surface area contributed by atoms with Crippen LogP contribution in [0, 0.1) is 0 Å².